The molecule has 0 aliphatic rings. The Balaban J connectivity index is 1.22. The van der Waals surface area contributed by atoms with Gasteiger partial charge in [-0.3, -0.25) is 0 Å². The number of aryl methyl sites for hydroxylation is 2. The van der Waals surface area contributed by atoms with Crippen LogP contribution in [0.3, 0.4) is 0 Å². The number of fused-ring (bicyclic) bond motifs is 6. The molecule has 0 bridgehead atoms. The van der Waals surface area contributed by atoms with Gasteiger partial charge in [0, 0.05) is 29.9 Å². The van der Waals surface area contributed by atoms with Crippen molar-refractivity contribution in [3.05, 3.63) is 108 Å². The topological polar surface area (TPSA) is 0 Å². The van der Waals surface area contributed by atoms with Gasteiger partial charge in [0.1, 0.15) is 0 Å². The van der Waals surface area contributed by atoms with Crippen LogP contribution in [-0.4, -0.2) is 0 Å². The average Bonchev–Trinajstić information content (AvgIpc) is 3.64. The minimum Gasteiger partial charge on any atom is -0.135 e. The number of hydrogen-bond acceptors (Lipinski definition) is 2. The minimum atomic E-state index is 1.16. The van der Waals surface area contributed by atoms with E-state index >= 15 is 0 Å². The molecule has 7 rings (SSSR count). The molecular formula is C38H34S2. The molecule has 2 heterocycles. The lowest BCUT2D eigenvalue weighted by Gasteiger charge is -2.04. The van der Waals surface area contributed by atoms with Gasteiger partial charge in [0.25, 0.3) is 0 Å². The predicted molar refractivity (Wildman–Crippen MR) is 180 cm³/mol. The number of benzene rings is 5. The molecular weight excluding hydrogens is 521 g/mol. The number of rotatable bonds is 8. The predicted octanol–water partition coefficient (Wildman–Crippen LogP) is 12.4. The smallest absolute Gasteiger partial charge is 0.0355 e. The molecule has 2 aromatic heterocycles. The van der Waals surface area contributed by atoms with Gasteiger partial charge in [-0.2, -0.15) is 0 Å². The number of thiophene rings is 2. The molecule has 0 fully saturated rings. The molecule has 198 valence electrons. The van der Waals surface area contributed by atoms with E-state index in [1.54, 1.807) is 0 Å². The van der Waals surface area contributed by atoms with Gasteiger partial charge in [0.05, 0.1) is 0 Å². The summed E-state index contributed by atoms with van der Waals surface area (Å²) in [5, 5.41) is 8.22. The second kappa shape index (κ2) is 10.8. The summed E-state index contributed by atoms with van der Waals surface area (Å²) in [6.45, 7) is 4.53. The zero-order valence-corrected chi connectivity index (χ0v) is 24.9. The highest BCUT2D eigenvalue weighted by Gasteiger charge is 2.11. The Morgan fingerprint density at radius 2 is 0.875 bits per heavy atom. The Morgan fingerprint density at radius 3 is 1.30 bits per heavy atom. The van der Waals surface area contributed by atoms with Crippen LogP contribution in [0.4, 0.5) is 0 Å². The summed E-state index contributed by atoms with van der Waals surface area (Å²) in [5.41, 5.74) is 5.50. The van der Waals surface area contributed by atoms with Crippen molar-refractivity contribution in [1.82, 2.24) is 0 Å². The molecule has 0 unspecified atom stereocenters. The maximum Gasteiger partial charge on any atom is 0.0355 e. The van der Waals surface area contributed by atoms with Crippen LogP contribution >= 0.6 is 22.7 Å². The number of hydrogen-bond donors (Lipinski definition) is 0. The lowest BCUT2D eigenvalue weighted by Crippen LogP contribution is -1.85. The lowest BCUT2D eigenvalue weighted by atomic mass is 10.00. The van der Waals surface area contributed by atoms with Gasteiger partial charge in [0.2, 0.25) is 0 Å². The summed E-state index contributed by atoms with van der Waals surface area (Å²) in [4.78, 5) is 2.69. The molecule has 0 radical (unpaired) electrons. The van der Waals surface area contributed by atoms with E-state index in [9.17, 15) is 0 Å². The zero-order valence-electron chi connectivity index (χ0n) is 23.3. The van der Waals surface area contributed by atoms with Crippen LogP contribution in [0.2, 0.25) is 0 Å². The maximum atomic E-state index is 2.42. The highest BCUT2D eigenvalue weighted by Crippen LogP contribution is 2.41. The van der Waals surface area contributed by atoms with Gasteiger partial charge in [-0.05, 0) is 93.7 Å². The van der Waals surface area contributed by atoms with Crippen molar-refractivity contribution < 1.29 is 0 Å². The molecule has 0 saturated carbocycles. The standard InChI is InChI=1S/C38H34S2/c1-3-5-7-25-9-11-27-17-19-35-33(31(27)21-25)23-37(39-35)29-13-15-30(16-14-29)38-24-34-32-22-26(8-6-4-2)10-12-28(32)18-20-36(34)40-38/h9-24H,3-8H2,1-2H3. The van der Waals surface area contributed by atoms with Crippen molar-refractivity contribution in [2.24, 2.45) is 0 Å². The van der Waals surface area contributed by atoms with Crippen LogP contribution in [-0.2, 0) is 12.8 Å². The summed E-state index contributed by atoms with van der Waals surface area (Å²) < 4.78 is 2.74. The van der Waals surface area contributed by atoms with Crippen molar-refractivity contribution >= 4 is 64.4 Å². The van der Waals surface area contributed by atoms with E-state index in [4.69, 9.17) is 0 Å². The SMILES string of the molecule is CCCCc1ccc2ccc3sc(-c4ccc(-c5cc6c(ccc7ccc(CCCC)cc76)s5)cc4)cc3c2c1. The van der Waals surface area contributed by atoms with E-state index in [0.717, 1.165) is 12.8 Å². The summed E-state index contributed by atoms with van der Waals surface area (Å²) >= 11 is 3.81. The molecule has 0 atom stereocenters. The molecule has 0 N–H and O–H groups in total. The van der Waals surface area contributed by atoms with Crippen LogP contribution in [0.15, 0.2) is 97.1 Å². The lowest BCUT2D eigenvalue weighted by molar-refractivity contribution is 0.796. The molecule has 0 nitrogen and oxygen atoms in total. The van der Waals surface area contributed by atoms with E-state index in [-0.39, 0.29) is 0 Å². The molecule has 0 saturated heterocycles. The van der Waals surface area contributed by atoms with Gasteiger partial charge in [-0.1, -0.05) is 99.5 Å². The Kier molecular flexibility index (Phi) is 6.91. The fourth-order valence-corrected chi connectivity index (χ4v) is 8.09. The highest BCUT2D eigenvalue weighted by molar-refractivity contribution is 7.22. The summed E-state index contributed by atoms with van der Waals surface area (Å²) in [7, 11) is 0. The van der Waals surface area contributed by atoms with Crippen LogP contribution in [0.5, 0.6) is 0 Å². The first-order valence-corrected chi connectivity index (χ1v) is 16.3. The van der Waals surface area contributed by atoms with E-state index < -0.39 is 0 Å². The molecule has 7 aromatic rings. The minimum absolute atomic E-state index is 1.16. The van der Waals surface area contributed by atoms with E-state index in [2.05, 4.69) is 111 Å². The van der Waals surface area contributed by atoms with Crippen molar-refractivity contribution in [1.29, 1.82) is 0 Å². The molecule has 2 heteroatoms. The largest absolute Gasteiger partial charge is 0.135 e. The molecule has 0 aliphatic carbocycles. The van der Waals surface area contributed by atoms with Crippen molar-refractivity contribution in [2.75, 3.05) is 0 Å². The van der Waals surface area contributed by atoms with E-state index in [1.165, 1.54) is 99.4 Å². The first-order valence-electron chi connectivity index (χ1n) is 14.7. The summed E-state index contributed by atoms with van der Waals surface area (Å²) in [6, 6.07) is 37.2. The third-order valence-corrected chi connectivity index (χ3v) is 10.6. The van der Waals surface area contributed by atoms with Gasteiger partial charge in [0.15, 0.2) is 0 Å². The van der Waals surface area contributed by atoms with Crippen molar-refractivity contribution in [3.63, 3.8) is 0 Å². The van der Waals surface area contributed by atoms with Gasteiger partial charge in [-0.25, -0.2) is 0 Å². The molecule has 5 aromatic carbocycles. The van der Waals surface area contributed by atoms with Crippen molar-refractivity contribution in [2.45, 2.75) is 52.4 Å². The molecule has 0 spiro atoms. The van der Waals surface area contributed by atoms with Gasteiger partial charge in [-0.15, -0.1) is 22.7 Å². The zero-order chi connectivity index (χ0) is 27.1. The number of unbranched alkanes of at least 4 members (excludes halogenated alkanes) is 2. The van der Waals surface area contributed by atoms with Crippen LogP contribution in [0.1, 0.15) is 50.7 Å². The summed E-state index contributed by atoms with van der Waals surface area (Å²) in [5.74, 6) is 0. The Morgan fingerprint density at radius 1 is 0.450 bits per heavy atom. The Bertz CT molecular complexity index is 1820. The van der Waals surface area contributed by atoms with Crippen LogP contribution in [0, 0.1) is 0 Å². The first-order chi connectivity index (χ1) is 19.7. The maximum absolute atomic E-state index is 2.42. The molecule has 0 amide bonds. The average molecular weight is 555 g/mol. The quantitative estimate of drug-likeness (QED) is 0.175. The monoisotopic (exact) mass is 554 g/mol. The normalized spacial score (nSPS) is 11.8. The fraction of sp³-hybridized carbons (Fsp3) is 0.211. The van der Waals surface area contributed by atoms with E-state index in [0.29, 0.717) is 0 Å². The second-order valence-electron chi connectivity index (χ2n) is 11.1. The molecule has 0 aliphatic heterocycles. The third-order valence-electron chi connectivity index (χ3n) is 8.26. The van der Waals surface area contributed by atoms with Gasteiger partial charge >= 0.3 is 0 Å². The van der Waals surface area contributed by atoms with Crippen LogP contribution < -0.4 is 0 Å². The fourth-order valence-electron chi connectivity index (χ4n) is 5.93. The second-order valence-corrected chi connectivity index (χ2v) is 13.2. The highest BCUT2D eigenvalue weighted by atomic mass is 32.1. The van der Waals surface area contributed by atoms with Gasteiger partial charge < -0.3 is 0 Å². The first kappa shape index (κ1) is 25.5. The Hall–Kier alpha value is -3.46. The van der Waals surface area contributed by atoms with E-state index in [1.807, 2.05) is 22.7 Å². The Labute approximate surface area is 244 Å². The summed E-state index contributed by atoms with van der Waals surface area (Å²) in [6.07, 6.45) is 7.29. The third kappa shape index (κ3) is 4.74. The van der Waals surface area contributed by atoms with Crippen LogP contribution in [0.25, 0.3) is 62.6 Å². The van der Waals surface area contributed by atoms with Crippen molar-refractivity contribution in [3.8, 4) is 20.9 Å². The molecule has 40 heavy (non-hydrogen) atoms.